The molecule has 2 atom stereocenters. The fourth-order valence-electron chi connectivity index (χ4n) is 4.09. The third-order valence-electron chi connectivity index (χ3n) is 5.81. The van der Waals surface area contributed by atoms with Gasteiger partial charge in [0.15, 0.2) is 10.3 Å². The van der Waals surface area contributed by atoms with E-state index in [1.54, 1.807) is 60.9 Å². The number of thioether (sulfide) groups is 2. The first-order valence-corrected chi connectivity index (χ1v) is 13.7. The van der Waals surface area contributed by atoms with Gasteiger partial charge >= 0.3 is 0 Å². The highest BCUT2D eigenvalue weighted by Gasteiger charge is 2.31. The number of carbonyl (C=O) groups excluding carboxylic acids is 1. The molecule has 0 fully saturated rings. The first kappa shape index (κ1) is 25.7. The van der Waals surface area contributed by atoms with Crippen molar-refractivity contribution in [2.24, 2.45) is 0 Å². The molecule has 4 rings (SSSR count). The van der Waals surface area contributed by atoms with Crippen molar-refractivity contribution < 1.29 is 15.0 Å². The number of rotatable bonds is 10. The van der Waals surface area contributed by atoms with Gasteiger partial charge < -0.3 is 10.2 Å². The van der Waals surface area contributed by atoms with Gasteiger partial charge in [-0.05, 0) is 60.0 Å². The number of ketones is 1. The molecule has 0 saturated heterocycles. The maximum atomic E-state index is 14.3. The highest BCUT2D eigenvalue weighted by Crippen LogP contribution is 2.34. The number of nitrogens with zero attached hydrogens (tertiary/aromatic N) is 4. The molecule has 0 amide bonds. The molecule has 2 N–H and O–H groups in total. The summed E-state index contributed by atoms with van der Waals surface area (Å²) in [5, 5.41) is 21.6. The molecule has 2 aromatic heterocycles. The van der Waals surface area contributed by atoms with E-state index in [0.29, 0.717) is 34.3 Å². The molecule has 0 saturated carbocycles. The maximum absolute atomic E-state index is 14.3. The third-order valence-corrected chi connectivity index (χ3v) is 6.93. The van der Waals surface area contributed by atoms with Crippen LogP contribution < -0.4 is 0 Å². The Labute approximate surface area is 218 Å². The van der Waals surface area contributed by atoms with Crippen LogP contribution >= 0.6 is 23.5 Å². The molecule has 0 aliphatic heterocycles. The summed E-state index contributed by atoms with van der Waals surface area (Å²) in [5.74, 6) is -1.05. The van der Waals surface area contributed by atoms with Crippen molar-refractivity contribution >= 4 is 29.3 Å². The van der Waals surface area contributed by atoms with Gasteiger partial charge in [-0.3, -0.25) is 4.79 Å². The van der Waals surface area contributed by atoms with Crippen LogP contribution in [-0.2, 0) is 17.6 Å². The SMILES string of the molecule is CSc1nccc(CC(C(=O)C(Cc2ccnc(SC)n2)c2cccc(O)c2)c2cccc(O)c2)n1. The fourth-order valence-corrected chi connectivity index (χ4v) is 4.84. The van der Waals surface area contributed by atoms with E-state index >= 15 is 0 Å². The Kier molecular flexibility index (Phi) is 8.56. The Bertz CT molecular complexity index is 1250. The van der Waals surface area contributed by atoms with Crippen LogP contribution in [0, 0.1) is 0 Å². The van der Waals surface area contributed by atoms with Crippen molar-refractivity contribution in [3.05, 3.63) is 95.6 Å². The Morgan fingerprint density at radius 1 is 0.750 bits per heavy atom. The molecule has 2 heterocycles. The molecule has 2 aromatic carbocycles. The largest absolute Gasteiger partial charge is 0.508 e. The summed E-state index contributed by atoms with van der Waals surface area (Å²) >= 11 is 2.87. The molecule has 0 radical (unpaired) electrons. The van der Waals surface area contributed by atoms with Crippen molar-refractivity contribution in [3.63, 3.8) is 0 Å². The average molecular weight is 519 g/mol. The topological polar surface area (TPSA) is 109 Å². The number of aromatic nitrogens is 4. The molecule has 0 spiro atoms. The number of benzene rings is 2. The van der Waals surface area contributed by atoms with Gasteiger partial charge in [-0.2, -0.15) is 0 Å². The normalized spacial score (nSPS) is 12.7. The van der Waals surface area contributed by atoms with Gasteiger partial charge in [0.05, 0.1) is 0 Å². The van der Waals surface area contributed by atoms with Crippen molar-refractivity contribution in [2.75, 3.05) is 12.5 Å². The molecule has 9 heteroatoms. The number of phenolic OH excluding ortho intramolecular Hbond substituents is 2. The van der Waals surface area contributed by atoms with E-state index in [1.807, 2.05) is 24.6 Å². The smallest absolute Gasteiger partial charge is 0.187 e. The van der Waals surface area contributed by atoms with Gasteiger partial charge in [0.2, 0.25) is 0 Å². The molecule has 184 valence electrons. The van der Waals surface area contributed by atoms with Crippen LogP contribution in [0.1, 0.15) is 34.4 Å². The van der Waals surface area contributed by atoms with E-state index in [2.05, 4.69) is 19.9 Å². The lowest BCUT2D eigenvalue weighted by Crippen LogP contribution is -2.25. The van der Waals surface area contributed by atoms with Crippen LogP contribution in [0.2, 0.25) is 0 Å². The van der Waals surface area contributed by atoms with Crippen LogP contribution in [0.3, 0.4) is 0 Å². The molecule has 0 bridgehead atoms. The Hall–Kier alpha value is -3.43. The highest BCUT2D eigenvalue weighted by molar-refractivity contribution is 7.98. The molecule has 2 unspecified atom stereocenters. The van der Waals surface area contributed by atoms with E-state index < -0.39 is 11.8 Å². The summed E-state index contributed by atoms with van der Waals surface area (Å²) in [7, 11) is 0. The zero-order valence-electron chi connectivity index (χ0n) is 19.9. The van der Waals surface area contributed by atoms with Gasteiger partial charge in [0.1, 0.15) is 17.3 Å². The average Bonchev–Trinajstić information content (AvgIpc) is 2.90. The van der Waals surface area contributed by atoms with Gasteiger partial charge in [-0.1, -0.05) is 47.8 Å². The van der Waals surface area contributed by atoms with E-state index in [1.165, 1.54) is 23.5 Å². The van der Waals surface area contributed by atoms with Gasteiger partial charge in [0.25, 0.3) is 0 Å². The molecular formula is C27H26N4O3S2. The van der Waals surface area contributed by atoms with Gasteiger partial charge in [-0.25, -0.2) is 19.9 Å². The van der Waals surface area contributed by atoms with E-state index in [0.717, 1.165) is 11.4 Å². The molecule has 7 nitrogen and oxygen atoms in total. The minimum absolute atomic E-state index is 0.0557. The second-order valence-electron chi connectivity index (χ2n) is 8.18. The number of hydrogen-bond acceptors (Lipinski definition) is 9. The summed E-state index contributed by atoms with van der Waals surface area (Å²) < 4.78 is 0. The summed E-state index contributed by atoms with van der Waals surface area (Å²) in [6.07, 6.45) is 7.87. The minimum Gasteiger partial charge on any atom is -0.508 e. The molecule has 4 aromatic rings. The molecular weight excluding hydrogens is 492 g/mol. The zero-order valence-corrected chi connectivity index (χ0v) is 21.5. The Morgan fingerprint density at radius 2 is 1.19 bits per heavy atom. The number of phenols is 2. The quantitative estimate of drug-likeness (QED) is 0.220. The van der Waals surface area contributed by atoms with Crippen molar-refractivity contribution in [2.45, 2.75) is 35.0 Å². The van der Waals surface area contributed by atoms with Crippen molar-refractivity contribution in [3.8, 4) is 11.5 Å². The monoisotopic (exact) mass is 518 g/mol. The van der Waals surface area contributed by atoms with Crippen molar-refractivity contribution in [1.82, 2.24) is 19.9 Å². The number of Topliss-reactive ketones (excluding diaryl/α,β-unsaturated/α-hetero) is 1. The first-order valence-electron chi connectivity index (χ1n) is 11.3. The number of aromatic hydroxyl groups is 2. The molecule has 36 heavy (non-hydrogen) atoms. The fraction of sp³-hybridized carbons (Fsp3) is 0.222. The van der Waals surface area contributed by atoms with Crippen LogP contribution in [-0.4, -0.2) is 48.4 Å². The van der Waals surface area contributed by atoms with Crippen LogP contribution in [0.15, 0.2) is 83.4 Å². The lowest BCUT2D eigenvalue weighted by atomic mass is 9.79. The van der Waals surface area contributed by atoms with Crippen molar-refractivity contribution in [1.29, 1.82) is 0 Å². The Morgan fingerprint density at radius 3 is 1.58 bits per heavy atom. The Balaban J connectivity index is 1.77. The molecule has 0 aliphatic carbocycles. The van der Waals surface area contributed by atoms with Gasteiger partial charge in [0, 0.05) is 48.5 Å². The minimum atomic E-state index is -0.587. The molecule has 0 aliphatic rings. The number of carbonyl (C=O) groups is 1. The second-order valence-corrected chi connectivity index (χ2v) is 9.72. The predicted octanol–water partition coefficient (Wildman–Crippen LogP) is 5.04. The highest BCUT2D eigenvalue weighted by atomic mass is 32.2. The first-order chi connectivity index (χ1) is 17.5. The lowest BCUT2D eigenvalue weighted by Gasteiger charge is -2.24. The second kappa shape index (κ2) is 12.0. The van der Waals surface area contributed by atoms with Crippen LogP contribution in [0.5, 0.6) is 11.5 Å². The maximum Gasteiger partial charge on any atom is 0.187 e. The summed E-state index contributed by atoms with van der Waals surface area (Å²) in [6.45, 7) is 0. The van der Waals surface area contributed by atoms with E-state index in [-0.39, 0.29) is 17.3 Å². The summed E-state index contributed by atoms with van der Waals surface area (Å²) in [5.41, 5.74) is 2.86. The third kappa shape index (κ3) is 6.41. The van der Waals surface area contributed by atoms with Crippen LogP contribution in [0.25, 0.3) is 0 Å². The van der Waals surface area contributed by atoms with E-state index in [4.69, 9.17) is 0 Å². The lowest BCUT2D eigenvalue weighted by molar-refractivity contribution is -0.122. The standard InChI is InChI=1S/C27H26N4O3S2/c1-35-26-28-11-9-19(30-26)15-23(17-5-3-7-21(32)13-17)25(34)24(18-6-4-8-22(33)14-18)16-20-10-12-29-27(31-20)36-2/h3-14,23-24,32-33H,15-16H2,1-2H3. The summed E-state index contributed by atoms with van der Waals surface area (Å²) in [4.78, 5) is 32.0. The predicted molar refractivity (Wildman–Crippen MR) is 142 cm³/mol. The van der Waals surface area contributed by atoms with Gasteiger partial charge in [-0.15, -0.1) is 0 Å². The van der Waals surface area contributed by atoms with Crippen LogP contribution in [0.4, 0.5) is 0 Å². The van der Waals surface area contributed by atoms with E-state index in [9.17, 15) is 15.0 Å². The summed E-state index contributed by atoms with van der Waals surface area (Å²) in [6, 6.07) is 17.2. The number of hydrogen-bond donors (Lipinski definition) is 2. The zero-order chi connectivity index (χ0) is 25.5.